The number of ether oxygens (including phenoxy) is 6. The molecule has 14 heteroatoms. The Morgan fingerprint density at radius 3 is 2.04 bits per heavy atom. The number of carbonyl (C=O) groups excluding carboxylic acids is 5. The summed E-state index contributed by atoms with van der Waals surface area (Å²) in [5, 5.41) is 36.8. The summed E-state index contributed by atoms with van der Waals surface area (Å²) in [6, 6.07) is 0. The summed E-state index contributed by atoms with van der Waals surface area (Å²) in [7, 11) is 0. The molecule has 5 saturated carbocycles. The predicted molar refractivity (Wildman–Crippen MR) is 156 cm³/mol. The molecule has 8 fully saturated rings. The number of hydrogen-bond acceptors (Lipinski definition) is 14. The molecule has 3 aliphatic heterocycles. The molecule has 7 unspecified atom stereocenters. The van der Waals surface area contributed by atoms with Gasteiger partial charge in [-0.05, 0) is 32.1 Å². The van der Waals surface area contributed by atoms with Crippen molar-refractivity contribution in [2.45, 2.75) is 122 Å². The molecular weight excluding hydrogens is 632 g/mol. The van der Waals surface area contributed by atoms with Crippen LogP contribution in [0.4, 0.5) is 0 Å². The first-order valence-electron chi connectivity index (χ1n) is 16.9. The van der Waals surface area contributed by atoms with Crippen LogP contribution in [0.5, 0.6) is 0 Å². The molecule has 14 nitrogen and oxygen atoms in total. The lowest BCUT2D eigenvalue weighted by molar-refractivity contribution is -0.273. The largest absolute Gasteiger partial charge is 0.459 e. The Morgan fingerprint density at radius 1 is 0.833 bits per heavy atom. The standard InChI is InChI=1S/C34H44O14/c1-10-17-20(32(7)33(8,42)29(41)48-34(32)26(10)47-34)23(40)18-16-19(25(43-11(2)35)28(31(17,18)6)45-13(4)37)30(5)14(21(38)22(16)39)9-15-24(46-15)27(30)44-12(3)36/h10,14-20,22-28,39-40,42H,9H2,1-8H3/t10?,14-,15+,16+,17+,18-,19-,20+,22?,23-,24?,25?,26?,27?,28?,30+,31-,32+,33-,34-/m1/s1. The summed E-state index contributed by atoms with van der Waals surface area (Å²) in [5.41, 5.74) is -6.23. The van der Waals surface area contributed by atoms with Crippen LogP contribution in [0.25, 0.3) is 0 Å². The number of epoxide rings is 2. The molecule has 5 aliphatic carbocycles. The van der Waals surface area contributed by atoms with E-state index < -0.39 is 141 Å². The van der Waals surface area contributed by atoms with Gasteiger partial charge in [0.2, 0.25) is 5.79 Å². The van der Waals surface area contributed by atoms with Gasteiger partial charge in [-0.15, -0.1) is 0 Å². The number of esters is 4. The Bertz CT molecular complexity index is 1540. The number of fused-ring (bicyclic) bond motifs is 9. The van der Waals surface area contributed by atoms with Gasteiger partial charge >= 0.3 is 23.9 Å². The summed E-state index contributed by atoms with van der Waals surface area (Å²) < 4.78 is 36.1. The second-order valence-electron chi connectivity index (χ2n) is 16.5. The van der Waals surface area contributed by atoms with Crippen molar-refractivity contribution >= 4 is 29.7 Å². The van der Waals surface area contributed by atoms with Crippen LogP contribution < -0.4 is 0 Å². The molecule has 1 spiro atoms. The van der Waals surface area contributed by atoms with Gasteiger partial charge in [0.25, 0.3) is 0 Å². The lowest BCUT2D eigenvalue weighted by Crippen LogP contribution is -2.74. The van der Waals surface area contributed by atoms with Crippen molar-refractivity contribution in [3.05, 3.63) is 0 Å². The van der Waals surface area contributed by atoms with Crippen molar-refractivity contribution in [3.8, 4) is 0 Å². The number of aliphatic hydroxyl groups is 3. The van der Waals surface area contributed by atoms with Crippen LogP contribution >= 0.6 is 0 Å². The molecular formula is C34H44O14. The van der Waals surface area contributed by atoms with E-state index in [1.807, 2.05) is 6.92 Å². The van der Waals surface area contributed by atoms with E-state index in [-0.39, 0.29) is 12.5 Å². The first-order chi connectivity index (χ1) is 22.2. The molecule has 0 aromatic heterocycles. The summed E-state index contributed by atoms with van der Waals surface area (Å²) in [5.74, 6) is -10.9. The fourth-order valence-electron chi connectivity index (χ4n) is 12.9. The van der Waals surface area contributed by atoms with Crippen LogP contribution in [0.3, 0.4) is 0 Å². The number of Topliss-reactive ketones (excluding diaryl/α,β-unsaturated/α-hetero) is 1. The minimum atomic E-state index is -2.11. The van der Waals surface area contributed by atoms with Gasteiger partial charge in [0.05, 0.1) is 17.6 Å². The zero-order valence-electron chi connectivity index (χ0n) is 28.2. The smallest absolute Gasteiger partial charge is 0.341 e. The molecule has 3 heterocycles. The highest BCUT2D eigenvalue weighted by atomic mass is 16.8. The SMILES string of the molecule is CC(=O)OC1C(OC(C)=O)[C@@]2(C)[C@@H]([C@@H](O)[C@@H]3[C@@H]2C(C)C2O[C@@]24OC(=O)[C@@](C)(O)[C@]34C)[C@@H]2C(O)C(=O)[C@H]3C[C@@H]4OC4C(OC(C)=O)[C@]3(C)[C@@H]12. The van der Waals surface area contributed by atoms with Crippen molar-refractivity contribution < 1.29 is 67.7 Å². The van der Waals surface area contributed by atoms with Gasteiger partial charge in [-0.25, -0.2) is 4.79 Å². The van der Waals surface area contributed by atoms with Gasteiger partial charge < -0.3 is 43.7 Å². The van der Waals surface area contributed by atoms with Crippen LogP contribution in [0.15, 0.2) is 0 Å². The number of carbonyl (C=O) groups is 5. The highest BCUT2D eigenvalue weighted by molar-refractivity contribution is 5.88. The summed E-state index contributed by atoms with van der Waals surface area (Å²) in [4.78, 5) is 66.2. The molecule has 48 heavy (non-hydrogen) atoms. The Balaban J connectivity index is 1.38. The van der Waals surface area contributed by atoms with E-state index in [0.29, 0.717) is 0 Å². The fraction of sp³-hybridized carbons (Fsp3) is 0.853. The lowest BCUT2D eigenvalue weighted by Gasteiger charge is -2.65. The zero-order chi connectivity index (χ0) is 35.0. The van der Waals surface area contributed by atoms with Crippen molar-refractivity contribution in [1.29, 1.82) is 0 Å². The molecule has 0 bridgehead atoms. The lowest BCUT2D eigenvalue weighted by atomic mass is 9.41. The Hall–Kier alpha value is -2.65. The van der Waals surface area contributed by atoms with Crippen molar-refractivity contribution in [2.75, 3.05) is 0 Å². The summed E-state index contributed by atoms with van der Waals surface area (Å²) in [6.45, 7) is 12.1. The molecule has 0 aromatic rings. The van der Waals surface area contributed by atoms with Gasteiger partial charge in [0.15, 0.2) is 11.4 Å². The third-order valence-electron chi connectivity index (χ3n) is 14.7. The average molecular weight is 677 g/mol. The maximum atomic E-state index is 14.4. The van der Waals surface area contributed by atoms with E-state index in [9.17, 15) is 39.3 Å². The van der Waals surface area contributed by atoms with Crippen LogP contribution in [-0.4, -0.2) is 105 Å². The normalized spacial score (nSPS) is 59.6. The quantitative estimate of drug-likeness (QED) is 0.205. The van der Waals surface area contributed by atoms with E-state index >= 15 is 0 Å². The maximum absolute atomic E-state index is 14.4. The van der Waals surface area contributed by atoms with Crippen molar-refractivity contribution in [3.63, 3.8) is 0 Å². The van der Waals surface area contributed by atoms with Gasteiger partial charge in [-0.3, -0.25) is 19.2 Å². The summed E-state index contributed by atoms with van der Waals surface area (Å²) in [6.07, 6.45) is -7.90. The van der Waals surface area contributed by atoms with E-state index in [1.54, 1.807) is 20.8 Å². The van der Waals surface area contributed by atoms with Gasteiger partial charge in [-0.2, -0.15) is 0 Å². The predicted octanol–water partition coefficient (Wildman–Crippen LogP) is 0.0530. The molecule has 20 atom stereocenters. The second-order valence-corrected chi connectivity index (χ2v) is 16.5. The Labute approximate surface area is 277 Å². The topological polar surface area (TPSA) is 208 Å². The van der Waals surface area contributed by atoms with E-state index in [0.717, 1.165) is 0 Å². The van der Waals surface area contributed by atoms with Crippen LogP contribution in [0.1, 0.15) is 61.8 Å². The van der Waals surface area contributed by atoms with E-state index in [1.165, 1.54) is 27.7 Å². The minimum absolute atomic E-state index is 0.234. The highest BCUT2D eigenvalue weighted by Crippen LogP contribution is 2.80. The maximum Gasteiger partial charge on any atom is 0.341 e. The minimum Gasteiger partial charge on any atom is -0.459 e. The van der Waals surface area contributed by atoms with E-state index in [2.05, 4.69) is 0 Å². The molecule has 0 amide bonds. The van der Waals surface area contributed by atoms with Crippen molar-refractivity contribution in [2.24, 2.45) is 57.7 Å². The van der Waals surface area contributed by atoms with Gasteiger partial charge in [0.1, 0.15) is 36.6 Å². The van der Waals surface area contributed by atoms with Crippen molar-refractivity contribution in [1.82, 2.24) is 0 Å². The first-order valence-corrected chi connectivity index (χ1v) is 16.9. The highest BCUT2D eigenvalue weighted by Gasteiger charge is 2.93. The van der Waals surface area contributed by atoms with Gasteiger partial charge in [-0.1, -0.05) is 20.8 Å². The number of rotatable bonds is 3. The summed E-state index contributed by atoms with van der Waals surface area (Å²) >= 11 is 0. The molecule has 8 rings (SSSR count). The fourth-order valence-corrected chi connectivity index (χ4v) is 12.9. The monoisotopic (exact) mass is 676 g/mol. The molecule has 264 valence electrons. The molecule has 0 radical (unpaired) electrons. The third kappa shape index (κ3) is 3.39. The van der Waals surface area contributed by atoms with Crippen LogP contribution in [0.2, 0.25) is 0 Å². The van der Waals surface area contributed by atoms with Crippen LogP contribution in [-0.2, 0) is 52.4 Å². The molecule has 3 N–H and O–H groups in total. The zero-order valence-corrected chi connectivity index (χ0v) is 28.2. The van der Waals surface area contributed by atoms with Gasteiger partial charge in [0, 0.05) is 61.2 Å². The molecule has 3 saturated heterocycles. The number of aliphatic hydroxyl groups excluding tert-OH is 2. The number of hydrogen-bond donors (Lipinski definition) is 3. The first kappa shape index (κ1) is 32.5. The Kier molecular flexibility index (Phi) is 6.35. The van der Waals surface area contributed by atoms with Crippen LogP contribution in [0, 0.1) is 57.7 Å². The molecule has 0 aromatic carbocycles. The van der Waals surface area contributed by atoms with E-state index in [4.69, 9.17) is 28.4 Å². The number of ketones is 1. The average Bonchev–Trinajstić information content (AvgIpc) is 3.88. The third-order valence-corrected chi connectivity index (χ3v) is 14.7. The second kappa shape index (κ2) is 9.36. The molecule has 8 aliphatic rings. The Morgan fingerprint density at radius 2 is 1.44 bits per heavy atom.